The van der Waals surface area contributed by atoms with Crippen LogP contribution < -0.4 is 10.6 Å². The van der Waals surface area contributed by atoms with Crippen molar-refractivity contribution >= 4 is 35.8 Å². The van der Waals surface area contributed by atoms with Crippen LogP contribution in [0.5, 0.6) is 0 Å². The van der Waals surface area contributed by atoms with Crippen LogP contribution in [0.25, 0.3) is 0 Å². The van der Waals surface area contributed by atoms with E-state index in [9.17, 15) is 4.79 Å². The molecule has 0 aromatic carbocycles. The molecule has 0 saturated carbocycles. The molecule has 1 heterocycles. The number of hydrogen-bond donors (Lipinski definition) is 2. The molecule has 0 aromatic rings. The minimum absolute atomic E-state index is 0. The minimum atomic E-state index is 0. The predicted molar refractivity (Wildman–Crippen MR) is 130 cm³/mol. The lowest BCUT2D eigenvalue weighted by Gasteiger charge is -2.39. The van der Waals surface area contributed by atoms with E-state index >= 15 is 0 Å². The Morgan fingerprint density at radius 1 is 1.07 bits per heavy atom. The topological polar surface area (TPSA) is 63.2 Å². The van der Waals surface area contributed by atoms with Gasteiger partial charge in [-0.25, -0.2) is 0 Å². The van der Waals surface area contributed by atoms with Crippen molar-refractivity contribution in [1.29, 1.82) is 0 Å². The predicted octanol–water partition coefficient (Wildman–Crippen LogP) is 1.69. The van der Waals surface area contributed by atoms with Crippen LogP contribution in [0, 0.1) is 5.92 Å². The highest BCUT2D eigenvalue weighted by atomic mass is 127. The quantitative estimate of drug-likeness (QED) is 0.266. The van der Waals surface area contributed by atoms with Crippen molar-refractivity contribution in [3.8, 4) is 0 Å². The number of aliphatic imine (C=N–C) groups is 1. The highest BCUT2D eigenvalue weighted by molar-refractivity contribution is 14.0. The van der Waals surface area contributed by atoms with Crippen LogP contribution >= 0.6 is 24.0 Å². The Morgan fingerprint density at radius 2 is 1.68 bits per heavy atom. The van der Waals surface area contributed by atoms with E-state index in [1.807, 2.05) is 18.7 Å². The zero-order chi connectivity index (χ0) is 20.2. The summed E-state index contributed by atoms with van der Waals surface area (Å²) in [5.41, 5.74) is 0. The maximum absolute atomic E-state index is 12.1. The second-order valence-electron chi connectivity index (χ2n) is 7.61. The summed E-state index contributed by atoms with van der Waals surface area (Å²) in [6.07, 6.45) is 0.498. The maximum atomic E-state index is 12.1. The molecule has 1 amide bonds. The molecule has 1 aliphatic heterocycles. The Labute approximate surface area is 189 Å². The highest BCUT2D eigenvalue weighted by Crippen LogP contribution is 2.14. The van der Waals surface area contributed by atoms with Crippen molar-refractivity contribution in [3.63, 3.8) is 0 Å². The molecule has 0 spiro atoms. The van der Waals surface area contributed by atoms with Crippen LogP contribution in [0.3, 0.4) is 0 Å². The van der Waals surface area contributed by atoms with Crippen molar-refractivity contribution in [1.82, 2.24) is 25.3 Å². The van der Waals surface area contributed by atoms with Gasteiger partial charge < -0.3 is 20.4 Å². The molecule has 1 rings (SSSR count). The van der Waals surface area contributed by atoms with Crippen molar-refractivity contribution in [2.24, 2.45) is 10.9 Å². The first-order chi connectivity index (χ1) is 12.9. The fourth-order valence-corrected chi connectivity index (χ4v) is 3.45. The Kier molecular flexibility index (Phi) is 14.9. The van der Waals surface area contributed by atoms with Gasteiger partial charge in [0.25, 0.3) is 0 Å². The summed E-state index contributed by atoms with van der Waals surface area (Å²) in [5, 5.41) is 6.63. The van der Waals surface area contributed by atoms with Crippen LogP contribution in [0.2, 0.25) is 0 Å². The fourth-order valence-electron chi connectivity index (χ4n) is 3.45. The van der Waals surface area contributed by atoms with Gasteiger partial charge in [0.15, 0.2) is 5.96 Å². The molecule has 2 N–H and O–H groups in total. The maximum Gasteiger partial charge on any atom is 0.224 e. The molecule has 0 radical (unpaired) electrons. The van der Waals surface area contributed by atoms with Gasteiger partial charge in [0.1, 0.15) is 0 Å². The van der Waals surface area contributed by atoms with E-state index in [0.29, 0.717) is 24.9 Å². The van der Waals surface area contributed by atoms with Crippen molar-refractivity contribution < 1.29 is 4.79 Å². The van der Waals surface area contributed by atoms with Crippen molar-refractivity contribution in [2.45, 2.75) is 47.1 Å². The molecule has 1 fully saturated rings. The van der Waals surface area contributed by atoms with Gasteiger partial charge in [-0.05, 0) is 33.7 Å². The largest absolute Gasteiger partial charge is 0.357 e. The Balaban J connectivity index is 0.00000729. The lowest BCUT2D eigenvalue weighted by Crippen LogP contribution is -2.52. The number of nitrogens with zero attached hydrogens (tertiary/aromatic N) is 4. The van der Waals surface area contributed by atoms with Gasteiger partial charge in [0.05, 0.1) is 6.54 Å². The lowest BCUT2D eigenvalue weighted by atomic mass is 10.0. The second-order valence-corrected chi connectivity index (χ2v) is 7.61. The van der Waals surface area contributed by atoms with Gasteiger partial charge >= 0.3 is 0 Å². The summed E-state index contributed by atoms with van der Waals surface area (Å²) in [4.78, 5) is 23.8. The Hall–Kier alpha value is -0.610. The number of halogens is 1. The molecule has 0 aromatic heterocycles. The average Bonchev–Trinajstić information content (AvgIpc) is 2.64. The highest BCUT2D eigenvalue weighted by Gasteiger charge is 2.24. The molecule has 28 heavy (non-hydrogen) atoms. The minimum Gasteiger partial charge on any atom is -0.357 e. The van der Waals surface area contributed by atoms with E-state index in [4.69, 9.17) is 4.99 Å². The van der Waals surface area contributed by atoms with Gasteiger partial charge in [-0.3, -0.25) is 14.7 Å². The van der Waals surface area contributed by atoms with Gasteiger partial charge in [-0.15, -0.1) is 24.0 Å². The number of piperazine rings is 1. The van der Waals surface area contributed by atoms with Crippen LogP contribution in [0.1, 0.15) is 41.0 Å². The smallest absolute Gasteiger partial charge is 0.224 e. The van der Waals surface area contributed by atoms with E-state index in [-0.39, 0.29) is 29.9 Å². The monoisotopic (exact) mass is 510 g/mol. The SMILES string of the molecule is CCNC(=NCC(C(C)C)N1CCN(C)CC1)NCCC(=O)N(CC)CC.I. The molecule has 8 heteroatoms. The van der Waals surface area contributed by atoms with Crippen LogP contribution in [0.4, 0.5) is 0 Å². The summed E-state index contributed by atoms with van der Waals surface area (Å²) >= 11 is 0. The molecule has 1 aliphatic rings. The van der Waals surface area contributed by atoms with Gasteiger partial charge in [0.2, 0.25) is 5.91 Å². The molecule has 166 valence electrons. The van der Waals surface area contributed by atoms with Crippen molar-refractivity contribution in [3.05, 3.63) is 0 Å². The first kappa shape index (κ1) is 27.4. The summed E-state index contributed by atoms with van der Waals surface area (Å²) in [7, 11) is 2.19. The van der Waals surface area contributed by atoms with Gasteiger partial charge in [-0.2, -0.15) is 0 Å². The molecule has 1 saturated heterocycles. The molecule has 0 aliphatic carbocycles. The number of likely N-dealkylation sites (N-methyl/N-ethyl adjacent to an activating group) is 1. The third-order valence-corrected chi connectivity index (χ3v) is 5.30. The van der Waals surface area contributed by atoms with Gasteiger partial charge in [0, 0.05) is 64.8 Å². The number of hydrogen-bond acceptors (Lipinski definition) is 4. The number of carbonyl (C=O) groups is 1. The molecule has 1 atom stereocenters. The molecule has 1 unspecified atom stereocenters. The van der Waals surface area contributed by atoms with E-state index < -0.39 is 0 Å². The Morgan fingerprint density at radius 3 is 2.18 bits per heavy atom. The number of guanidine groups is 1. The molecular weight excluding hydrogens is 467 g/mol. The normalized spacial score (nSPS) is 17.2. The van der Waals surface area contributed by atoms with Crippen LogP contribution in [-0.2, 0) is 4.79 Å². The molecule has 7 nitrogen and oxygen atoms in total. The third-order valence-electron chi connectivity index (χ3n) is 5.30. The molecule has 0 bridgehead atoms. The number of rotatable bonds is 10. The first-order valence-corrected chi connectivity index (χ1v) is 10.6. The first-order valence-electron chi connectivity index (χ1n) is 10.6. The second kappa shape index (κ2) is 15.3. The van der Waals surface area contributed by atoms with Gasteiger partial charge in [-0.1, -0.05) is 13.8 Å². The van der Waals surface area contributed by atoms with E-state index in [0.717, 1.165) is 58.3 Å². The summed E-state index contributed by atoms with van der Waals surface area (Å²) in [6.45, 7) is 18.9. The standard InChI is InChI=1S/C20H42N6O.HI/c1-7-21-20(22-11-10-19(27)25(8-2)9-3)23-16-18(17(4)5)26-14-12-24(6)13-15-26;/h17-18H,7-16H2,1-6H3,(H2,21,22,23);1H. The Bertz CT molecular complexity index is 448. The van der Waals surface area contributed by atoms with Crippen molar-refractivity contribution in [2.75, 3.05) is 66.0 Å². The zero-order valence-electron chi connectivity index (χ0n) is 18.8. The van der Waals surface area contributed by atoms with Crippen LogP contribution in [-0.4, -0.2) is 98.6 Å². The van der Waals surface area contributed by atoms with E-state index in [1.54, 1.807) is 0 Å². The fraction of sp³-hybridized carbons (Fsp3) is 0.900. The lowest BCUT2D eigenvalue weighted by molar-refractivity contribution is -0.130. The summed E-state index contributed by atoms with van der Waals surface area (Å²) in [6, 6.07) is 0.450. The van der Waals surface area contributed by atoms with E-state index in [1.165, 1.54) is 0 Å². The summed E-state index contributed by atoms with van der Waals surface area (Å²) < 4.78 is 0. The molecular formula is C20H43IN6O. The average molecular weight is 511 g/mol. The van der Waals surface area contributed by atoms with E-state index in [2.05, 4.69) is 48.3 Å². The number of amides is 1. The zero-order valence-corrected chi connectivity index (χ0v) is 21.2. The van der Waals surface area contributed by atoms with Crippen LogP contribution in [0.15, 0.2) is 4.99 Å². The number of nitrogens with one attached hydrogen (secondary N) is 2. The number of carbonyl (C=O) groups excluding carboxylic acids is 1. The third kappa shape index (κ3) is 9.73. The summed E-state index contributed by atoms with van der Waals surface area (Å²) in [5.74, 6) is 1.56.